The Morgan fingerprint density at radius 3 is 2.50 bits per heavy atom. The minimum Gasteiger partial charge on any atom is -0.488 e. The highest BCUT2D eigenvalue weighted by atomic mass is 32.2. The molecule has 3 atom stereocenters. The van der Waals surface area contributed by atoms with Crippen molar-refractivity contribution in [2.45, 2.75) is 44.2 Å². The zero-order valence-corrected chi connectivity index (χ0v) is 27.3. The topological polar surface area (TPSA) is 128 Å². The van der Waals surface area contributed by atoms with Crippen LogP contribution in [0.15, 0.2) is 89.8 Å². The van der Waals surface area contributed by atoms with Crippen LogP contribution in [0.5, 0.6) is 5.75 Å². The third-order valence-electron chi connectivity index (χ3n) is 8.38. The maximum atomic E-state index is 13.6. The van der Waals surface area contributed by atoms with Gasteiger partial charge in [-0.2, -0.15) is 4.31 Å². The number of sulfonamides is 1. The van der Waals surface area contributed by atoms with Crippen molar-refractivity contribution in [3.8, 4) is 5.75 Å². The largest absolute Gasteiger partial charge is 0.488 e. The summed E-state index contributed by atoms with van der Waals surface area (Å²) in [6, 6.07) is 24.2. The number of fused-ring (bicyclic) bond motifs is 2. The number of rotatable bonds is 8. The number of likely N-dealkylation sites (N-methyl/N-ethyl adjacent to an activating group) is 1. The molecule has 0 bridgehead atoms. The molecule has 3 N–H and O–H groups in total. The van der Waals surface area contributed by atoms with Crippen LogP contribution in [-0.2, 0) is 21.2 Å². The monoisotopic (exact) mass is 644 g/mol. The summed E-state index contributed by atoms with van der Waals surface area (Å²) in [6.45, 7) is 5.62. The molecule has 0 radical (unpaired) electrons. The van der Waals surface area contributed by atoms with E-state index in [4.69, 9.17) is 4.74 Å². The molecule has 1 aliphatic heterocycles. The SMILES string of the molecule is Cc1ccc(S(=O)(=O)N(C)C[C@H]2Oc3ccc(NC(=O)Nc4cccc5ccccc45)cc3CC(=O)N([C@@H](C)CO)C[C@H]2C)cc1. The highest BCUT2D eigenvalue weighted by molar-refractivity contribution is 7.89. The molecule has 10 nitrogen and oxygen atoms in total. The number of aryl methyl sites for hydroxylation is 1. The summed E-state index contributed by atoms with van der Waals surface area (Å²) in [4.78, 5) is 28.4. The van der Waals surface area contributed by atoms with Crippen molar-refractivity contribution in [3.63, 3.8) is 0 Å². The molecule has 0 saturated carbocycles. The van der Waals surface area contributed by atoms with Gasteiger partial charge in [0, 0.05) is 36.1 Å². The molecular weight excluding hydrogens is 604 g/mol. The van der Waals surface area contributed by atoms with Gasteiger partial charge < -0.3 is 25.4 Å². The molecule has 0 aromatic heterocycles. The van der Waals surface area contributed by atoms with E-state index in [0.717, 1.165) is 16.3 Å². The molecule has 0 saturated heterocycles. The zero-order valence-electron chi connectivity index (χ0n) is 26.4. The smallest absolute Gasteiger partial charge is 0.323 e. The third kappa shape index (κ3) is 7.33. The molecule has 1 aliphatic rings. The summed E-state index contributed by atoms with van der Waals surface area (Å²) >= 11 is 0. The van der Waals surface area contributed by atoms with E-state index < -0.39 is 28.2 Å². The number of aliphatic hydroxyl groups is 1. The van der Waals surface area contributed by atoms with E-state index in [1.54, 1.807) is 54.3 Å². The fraction of sp³-hybridized carbons (Fsp3) is 0.314. The van der Waals surface area contributed by atoms with Crippen molar-refractivity contribution in [1.29, 1.82) is 0 Å². The molecule has 0 unspecified atom stereocenters. The number of anilines is 2. The van der Waals surface area contributed by atoms with E-state index in [9.17, 15) is 23.1 Å². The number of aliphatic hydroxyl groups excluding tert-OH is 1. The lowest BCUT2D eigenvalue weighted by atomic mass is 10.0. The van der Waals surface area contributed by atoms with E-state index in [1.807, 2.05) is 56.3 Å². The van der Waals surface area contributed by atoms with Gasteiger partial charge in [0.15, 0.2) is 0 Å². The maximum absolute atomic E-state index is 13.6. The molecule has 0 aliphatic carbocycles. The molecule has 242 valence electrons. The van der Waals surface area contributed by atoms with E-state index in [-0.39, 0.29) is 42.8 Å². The first-order valence-electron chi connectivity index (χ1n) is 15.2. The molecule has 0 spiro atoms. The van der Waals surface area contributed by atoms with Gasteiger partial charge in [-0.05, 0) is 55.6 Å². The van der Waals surface area contributed by atoms with Crippen molar-refractivity contribution >= 4 is 44.1 Å². The molecule has 4 aromatic carbocycles. The minimum atomic E-state index is -3.81. The molecule has 4 aromatic rings. The lowest BCUT2D eigenvalue weighted by Crippen LogP contribution is -2.48. The van der Waals surface area contributed by atoms with Crippen LogP contribution in [0.4, 0.5) is 16.2 Å². The zero-order chi connectivity index (χ0) is 33.0. The lowest BCUT2D eigenvalue weighted by molar-refractivity contribution is -0.134. The normalized spacial score (nSPS) is 17.8. The number of benzene rings is 4. The summed E-state index contributed by atoms with van der Waals surface area (Å²) < 4.78 is 34.6. The minimum absolute atomic E-state index is 0.0276. The fourth-order valence-electron chi connectivity index (χ4n) is 5.59. The van der Waals surface area contributed by atoms with Crippen LogP contribution in [0, 0.1) is 12.8 Å². The van der Waals surface area contributed by atoms with Gasteiger partial charge in [-0.1, -0.05) is 61.0 Å². The van der Waals surface area contributed by atoms with Crippen LogP contribution in [-0.4, -0.2) is 73.6 Å². The molecule has 11 heteroatoms. The summed E-state index contributed by atoms with van der Waals surface area (Å²) in [6.07, 6.45) is -0.659. The number of urea groups is 1. The Labute approximate surface area is 270 Å². The van der Waals surface area contributed by atoms with E-state index in [2.05, 4.69) is 10.6 Å². The second kappa shape index (κ2) is 13.9. The first kappa shape index (κ1) is 32.9. The summed E-state index contributed by atoms with van der Waals surface area (Å²) in [5.74, 6) is -0.0782. The molecule has 3 amide bonds. The van der Waals surface area contributed by atoms with Crippen LogP contribution in [0.2, 0.25) is 0 Å². The van der Waals surface area contributed by atoms with Crippen LogP contribution >= 0.6 is 0 Å². The standard InChI is InChI=1S/C35H40N4O6S/c1-23-12-15-29(16-13-23)46(43,44)38(4)21-33-24(2)20-39(25(3)22-40)34(41)19-27-18-28(14-17-32(27)45-33)36-35(42)37-31-11-7-9-26-8-5-6-10-30(26)31/h5-18,24-25,33,40H,19-22H2,1-4H3,(H2,36,37,42)/t24-,25+,33-/m1/s1. The first-order chi connectivity index (χ1) is 22.0. The Bertz CT molecular complexity index is 1820. The van der Waals surface area contributed by atoms with Gasteiger partial charge in [-0.25, -0.2) is 13.2 Å². The molecular formula is C35H40N4O6S. The van der Waals surface area contributed by atoms with Gasteiger partial charge in [0.25, 0.3) is 0 Å². The van der Waals surface area contributed by atoms with Crippen molar-refractivity contribution in [2.24, 2.45) is 5.92 Å². The lowest BCUT2D eigenvalue weighted by Gasteiger charge is -2.33. The number of carbonyl (C=O) groups is 2. The van der Waals surface area contributed by atoms with Crippen molar-refractivity contribution in [1.82, 2.24) is 9.21 Å². The summed E-state index contributed by atoms with van der Waals surface area (Å²) in [5, 5.41) is 17.6. The number of amides is 3. The Morgan fingerprint density at radius 2 is 1.76 bits per heavy atom. The Kier molecular flexibility index (Phi) is 9.95. The highest BCUT2D eigenvalue weighted by Crippen LogP contribution is 2.30. The van der Waals surface area contributed by atoms with Gasteiger partial charge in [0.2, 0.25) is 15.9 Å². The van der Waals surface area contributed by atoms with Crippen LogP contribution in [0.1, 0.15) is 25.0 Å². The van der Waals surface area contributed by atoms with Gasteiger partial charge in [-0.3, -0.25) is 4.79 Å². The van der Waals surface area contributed by atoms with E-state index >= 15 is 0 Å². The van der Waals surface area contributed by atoms with Crippen molar-refractivity contribution in [2.75, 3.05) is 37.4 Å². The number of nitrogens with zero attached hydrogens (tertiary/aromatic N) is 2. The maximum Gasteiger partial charge on any atom is 0.323 e. The Morgan fingerprint density at radius 1 is 1.04 bits per heavy atom. The number of carbonyl (C=O) groups excluding carboxylic acids is 2. The number of hydrogen-bond acceptors (Lipinski definition) is 6. The second-order valence-corrected chi connectivity index (χ2v) is 14.0. The predicted molar refractivity (Wildman–Crippen MR) is 180 cm³/mol. The molecule has 46 heavy (non-hydrogen) atoms. The van der Waals surface area contributed by atoms with E-state index in [0.29, 0.717) is 22.7 Å². The Hall–Kier alpha value is -4.45. The number of ether oxygens (including phenoxy) is 1. The molecule has 1 heterocycles. The van der Waals surface area contributed by atoms with Crippen molar-refractivity contribution < 1.29 is 27.9 Å². The van der Waals surface area contributed by atoms with Crippen LogP contribution < -0.4 is 15.4 Å². The second-order valence-electron chi connectivity index (χ2n) is 11.9. The van der Waals surface area contributed by atoms with Gasteiger partial charge >= 0.3 is 6.03 Å². The van der Waals surface area contributed by atoms with Crippen LogP contribution in [0.25, 0.3) is 10.8 Å². The summed E-state index contributed by atoms with van der Waals surface area (Å²) in [7, 11) is -2.30. The third-order valence-corrected chi connectivity index (χ3v) is 10.2. The summed E-state index contributed by atoms with van der Waals surface area (Å²) in [5.41, 5.74) is 2.60. The van der Waals surface area contributed by atoms with Crippen molar-refractivity contribution in [3.05, 3.63) is 96.1 Å². The van der Waals surface area contributed by atoms with Gasteiger partial charge in [0.05, 0.1) is 36.2 Å². The van der Waals surface area contributed by atoms with Gasteiger partial charge in [0.1, 0.15) is 11.9 Å². The molecule has 5 rings (SSSR count). The Balaban J connectivity index is 1.41. The highest BCUT2D eigenvalue weighted by Gasteiger charge is 2.33. The van der Waals surface area contributed by atoms with E-state index in [1.165, 1.54) is 11.4 Å². The fourth-order valence-corrected chi connectivity index (χ4v) is 6.77. The molecule has 0 fully saturated rings. The number of nitrogens with one attached hydrogen (secondary N) is 2. The van der Waals surface area contributed by atoms with Crippen LogP contribution in [0.3, 0.4) is 0 Å². The number of hydrogen-bond donors (Lipinski definition) is 3. The first-order valence-corrected chi connectivity index (χ1v) is 16.7. The average molecular weight is 645 g/mol. The predicted octanol–water partition coefficient (Wildman–Crippen LogP) is 5.26. The average Bonchev–Trinajstić information content (AvgIpc) is 3.08. The quantitative estimate of drug-likeness (QED) is 0.240. The van der Waals surface area contributed by atoms with Gasteiger partial charge in [-0.15, -0.1) is 0 Å².